The maximum Gasteiger partial charge on any atom is 0.332 e. The molecule has 0 amide bonds. The fraction of sp³-hybridized carbons (Fsp3) is 0.964. The molecule has 0 bridgehead atoms. The molecule has 0 aromatic carbocycles. The van der Waals surface area contributed by atoms with E-state index in [1.165, 1.54) is 0 Å². The summed E-state index contributed by atoms with van der Waals surface area (Å²) >= 11 is 0. The van der Waals surface area contributed by atoms with Crippen LogP contribution in [-0.4, -0.2) is 129 Å². The highest BCUT2D eigenvalue weighted by molar-refractivity contribution is 5.72. The molecule has 2 aliphatic carbocycles. The molecule has 236 valence electrons. The predicted octanol–water partition coefficient (Wildman–Crippen LogP) is -0.187. The lowest BCUT2D eigenvalue weighted by atomic mass is 9.82. The van der Waals surface area contributed by atoms with Crippen LogP contribution in [0.3, 0.4) is 0 Å². The number of aliphatic carboxylic acids is 1. The zero-order chi connectivity index (χ0) is 29.5. The molecule has 3 saturated heterocycles. The van der Waals surface area contributed by atoms with Gasteiger partial charge in [-0.1, -0.05) is 19.8 Å². The van der Waals surface area contributed by atoms with Gasteiger partial charge in [0.2, 0.25) is 0 Å². The zero-order valence-electron chi connectivity index (χ0n) is 23.7. The van der Waals surface area contributed by atoms with E-state index in [0.29, 0.717) is 19.3 Å². The highest BCUT2D eigenvalue weighted by Gasteiger charge is 2.56. The van der Waals surface area contributed by atoms with E-state index in [1.54, 1.807) is 6.92 Å². The van der Waals surface area contributed by atoms with Gasteiger partial charge in [-0.2, -0.15) is 0 Å². The smallest absolute Gasteiger partial charge is 0.332 e. The van der Waals surface area contributed by atoms with Crippen molar-refractivity contribution in [2.75, 3.05) is 6.61 Å². The van der Waals surface area contributed by atoms with Crippen LogP contribution in [0.4, 0.5) is 0 Å². The van der Waals surface area contributed by atoms with Crippen LogP contribution in [-0.2, 0) is 33.2 Å². The third-order valence-electron chi connectivity index (χ3n) is 9.52. The number of carbonyl (C=O) groups is 1. The van der Waals surface area contributed by atoms with Crippen molar-refractivity contribution in [2.24, 2.45) is 5.92 Å². The average molecular weight is 591 g/mol. The Labute approximate surface area is 239 Å². The highest BCUT2D eigenvalue weighted by atomic mass is 16.7. The highest BCUT2D eigenvalue weighted by Crippen LogP contribution is 2.48. The van der Waals surface area contributed by atoms with E-state index in [0.717, 1.165) is 32.1 Å². The Kier molecular flexibility index (Phi) is 9.93. The topological polar surface area (TPSA) is 194 Å². The Hall–Kier alpha value is -0.970. The van der Waals surface area contributed by atoms with E-state index in [1.807, 2.05) is 6.92 Å². The molecule has 14 atom stereocenters. The lowest BCUT2D eigenvalue weighted by molar-refractivity contribution is -0.357. The minimum atomic E-state index is -1.47. The molecule has 13 heteroatoms. The van der Waals surface area contributed by atoms with Gasteiger partial charge in [-0.15, -0.1) is 0 Å². The number of hydrogen-bond acceptors (Lipinski definition) is 12. The molecule has 6 N–H and O–H groups in total. The van der Waals surface area contributed by atoms with Crippen molar-refractivity contribution in [2.45, 2.75) is 157 Å². The Balaban J connectivity index is 1.40. The molecule has 5 fully saturated rings. The second-order valence-corrected chi connectivity index (χ2v) is 12.4. The van der Waals surface area contributed by atoms with Crippen LogP contribution in [0, 0.1) is 5.92 Å². The number of aliphatic hydroxyl groups is 5. The van der Waals surface area contributed by atoms with Crippen LogP contribution in [0.5, 0.6) is 0 Å². The van der Waals surface area contributed by atoms with E-state index in [9.17, 15) is 35.4 Å². The quantitative estimate of drug-likeness (QED) is 0.229. The molecule has 3 heterocycles. The fourth-order valence-electron chi connectivity index (χ4n) is 6.78. The van der Waals surface area contributed by atoms with Crippen molar-refractivity contribution < 1.29 is 63.9 Å². The van der Waals surface area contributed by atoms with E-state index >= 15 is 0 Å². The van der Waals surface area contributed by atoms with E-state index in [-0.39, 0.29) is 12.3 Å². The fourth-order valence-corrected chi connectivity index (χ4v) is 6.78. The first-order valence-corrected chi connectivity index (χ1v) is 15.1. The van der Waals surface area contributed by atoms with Crippen LogP contribution in [0.1, 0.15) is 71.6 Å². The van der Waals surface area contributed by atoms with Gasteiger partial charge in [-0.3, -0.25) is 0 Å². The Morgan fingerprint density at radius 2 is 1.61 bits per heavy atom. The van der Waals surface area contributed by atoms with Gasteiger partial charge in [0, 0.05) is 0 Å². The number of carboxylic acid groups (broad SMARTS) is 1. The summed E-state index contributed by atoms with van der Waals surface area (Å²) in [4.78, 5) is 12.0. The maximum atomic E-state index is 12.0. The van der Waals surface area contributed by atoms with Crippen LogP contribution in [0.2, 0.25) is 0 Å². The number of carboxylic acids is 1. The van der Waals surface area contributed by atoms with Crippen molar-refractivity contribution in [1.82, 2.24) is 0 Å². The summed E-state index contributed by atoms with van der Waals surface area (Å²) in [6.07, 6.45) is -8.04. The molecule has 0 aromatic rings. The summed E-state index contributed by atoms with van der Waals surface area (Å²) < 4.78 is 37.2. The summed E-state index contributed by atoms with van der Waals surface area (Å²) in [6, 6.07) is 0. The Morgan fingerprint density at radius 1 is 0.854 bits per heavy atom. The number of rotatable bonds is 7. The van der Waals surface area contributed by atoms with Gasteiger partial charge < -0.3 is 59.1 Å². The molecule has 2 saturated carbocycles. The molecule has 3 aliphatic heterocycles. The van der Waals surface area contributed by atoms with Gasteiger partial charge in [-0.05, 0) is 57.8 Å². The largest absolute Gasteiger partial charge is 0.479 e. The van der Waals surface area contributed by atoms with Crippen LogP contribution in [0.25, 0.3) is 0 Å². The van der Waals surface area contributed by atoms with Crippen molar-refractivity contribution in [3.8, 4) is 0 Å². The third kappa shape index (κ3) is 6.60. The summed E-state index contributed by atoms with van der Waals surface area (Å²) in [5, 5.41) is 62.0. The van der Waals surface area contributed by atoms with Gasteiger partial charge in [0.05, 0.1) is 30.5 Å². The number of aliphatic hydroxyl groups excluding tert-OH is 5. The van der Waals surface area contributed by atoms with E-state index in [2.05, 4.69) is 0 Å². The SMILES string of the molecule is CCC1CCCC(OC2OC(CO)C(O)C3OC(C(=O)O)CCCC4(CC4)OC23)C1OC1OC(C)C(O)C(O)C1O. The minimum Gasteiger partial charge on any atom is -0.479 e. The first-order chi connectivity index (χ1) is 19.6. The monoisotopic (exact) mass is 590 g/mol. The van der Waals surface area contributed by atoms with Crippen LogP contribution >= 0.6 is 0 Å². The predicted molar refractivity (Wildman–Crippen MR) is 138 cm³/mol. The summed E-state index contributed by atoms with van der Waals surface area (Å²) in [5.74, 6) is -1.11. The molecule has 13 nitrogen and oxygen atoms in total. The number of hydrogen-bond donors (Lipinski definition) is 6. The first kappa shape index (κ1) is 31.5. The number of fused-ring (bicyclic) bond motifs is 1. The molecule has 5 aliphatic rings. The summed E-state index contributed by atoms with van der Waals surface area (Å²) in [5.41, 5.74) is -0.474. The molecule has 5 rings (SSSR count). The lowest BCUT2D eigenvalue weighted by Gasteiger charge is -2.48. The molecule has 41 heavy (non-hydrogen) atoms. The van der Waals surface area contributed by atoms with Gasteiger partial charge in [0.25, 0.3) is 0 Å². The van der Waals surface area contributed by atoms with Gasteiger partial charge in [0.15, 0.2) is 18.7 Å². The van der Waals surface area contributed by atoms with Gasteiger partial charge >= 0.3 is 5.97 Å². The average Bonchev–Trinajstić information content (AvgIpc) is 3.70. The summed E-state index contributed by atoms with van der Waals surface area (Å²) in [6.45, 7) is 3.07. The van der Waals surface area contributed by atoms with Gasteiger partial charge in [0.1, 0.15) is 42.7 Å². The maximum absolute atomic E-state index is 12.0. The standard InChI is InChI=1S/C28H46O13/c1-3-14-6-4-7-15(22(14)40-26-21(33)20(32)18(30)13(2)36-26)38-27-24-23(19(31)17(12-29)39-27)37-16(25(34)35)8-5-9-28(41-24)10-11-28/h13-24,26-27,29-33H,3-12H2,1-2H3,(H,34,35). The molecular weight excluding hydrogens is 544 g/mol. The van der Waals surface area contributed by atoms with Crippen molar-refractivity contribution in [1.29, 1.82) is 0 Å². The lowest BCUT2D eigenvalue weighted by Crippen LogP contribution is -2.64. The first-order valence-electron chi connectivity index (χ1n) is 15.1. The molecule has 0 aromatic heterocycles. The molecule has 14 unspecified atom stereocenters. The van der Waals surface area contributed by atoms with E-state index < -0.39 is 97.9 Å². The summed E-state index contributed by atoms with van der Waals surface area (Å²) in [7, 11) is 0. The van der Waals surface area contributed by atoms with Gasteiger partial charge in [-0.25, -0.2) is 4.79 Å². The minimum absolute atomic E-state index is 0.0198. The zero-order valence-corrected chi connectivity index (χ0v) is 23.7. The number of ether oxygens (including phenoxy) is 6. The van der Waals surface area contributed by atoms with Crippen LogP contribution < -0.4 is 0 Å². The van der Waals surface area contributed by atoms with Crippen molar-refractivity contribution >= 4 is 5.97 Å². The molecule has 0 radical (unpaired) electrons. The second-order valence-electron chi connectivity index (χ2n) is 12.4. The van der Waals surface area contributed by atoms with E-state index in [4.69, 9.17) is 28.4 Å². The van der Waals surface area contributed by atoms with Crippen molar-refractivity contribution in [3.05, 3.63) is 0 Å². The normalized spacial score (nSPS) is 48.5. The Morgan fingerprint density at radius 3 is 2.27 bits per heavy atom. The Bertz CT molecular complexity index is 885. The molecular formula is C28H46O13. The van der Waals surface area contributed by atoms with Crippen LogP contribution in [0.15, 0.2) is 0 Å². The van der Waals surface area contributed by atoms with Crippen molar-refractivity contribution in [3.63, 3.8) is 0 Å². The molecule has 1 spiro atoms. The second kappa shape index (κ2) is 12.9. The third-order valence-corrected chi connectivity index (χ3v) is 9.52.